The molecule has 0 aliphatic heterocycles. The van der Waals surface area contributed by atoms with Gasteiger partial charge in [-0.05, 0) is 25.5 Å². The van der Waals surface area contributed by atoms with Crippen LogP contribution >= 0.6 is 0 Å². The SMILES string of the molecule is COC(=O)CCC(NC(=O)c1ccc(C)cc1)C(=O)O. The van der Waals surface area contributed by atoms with Crippen molar-refractivity contribution in [2.45, 2.75) is 25.8 Å². The van der Waals surface area contributed by atoms with Crippen LogP contribution in [0.15, 0.2) is 24.3 Å². The van der Waals surface area contributed by atoms with Crippen molar-refractivity contribution in [3.8, 4) is 0 Å². The van der Waals surface area contributed by atoms with Crippen LogP contribution in [0.4, 0.5) is 0 Å². The number of hydrogen-bond acceptors (Lipinski definition) is 4. The molecule has 6 heteroatoms. The van der Waals surface area contributed by atoms with Gasteiger partial charge in [-0.1, -0.05) is 17.7 Å². The van der Waals surface area contributed by atoms with Gasteiger partial charge in [-0.3, -0.25) is 9.59 Å². The van der Waals surface area contributed by atoms with Crippen LogP contribution in [0.5, 0.6) is 0 Å². The van der Waals surface area contributed by atoms with E-state index >= 15 is 0 Å². The third-order valence-electron chi connectivity index (χ3n) is 2.78. The van der Waals surface area contributed by atoms with Crippen molar-refractivity contribution in [3.63, 3.8) is 0 Å². The smallest absolute Gasteiger partial charge is 0.326 e. The molecule has 1 rings (SSSR count). The van der Waals surface area contributed by atoms with Crippen LogP contribution < -0.4 is 5.32 Å². The number of rotatable bonds is 6. The van der Waals surface area contributed by atoms with E-state index in [2.05, 4.69) is 10.1 Å². The quantitative estimate of drug-likeness (QED) is 0.761. The molecular weight excluding hydrogens is 262 g/mol. The summed E-state index contributed by atoms with van der Waals surface area (Å²) in [6.07, 6.45) is -0.0821. The predicted molar refractivity (Wildman–Crippen MR) is 71.3 cm³/mol. The number of amides is 1. The third kappa shape index (κ3) is 4.72. The third-order valence-corrected chi connectivity index (χ3v) is 2.78. The molecule has 0 aromatic heterocycles. The number of hydrogen-bond donors (Lipinski definition) is 2. The van der Waals surface area contributed by atoms with Crippen molar-refractivity contribution >= 4 is 17.8 Å². The topological polar surface area (TPSA) is 92.7 Å². The molecule has 1 amide bonds. The Balaban J connectivity index is 2.65. The van der Waals surface area contributed by atoms with Gasteiger partial charge < -0.3 is 15.2 Å². The zero-order valence-corrected chi connectivity index (χ0v) is 11.4. The molecule has 1 unspecified atom stereocenters. The molecule has 108 valence electrons. The van der Waals surface area contributed by atoms with Gasteiger partial charge in [0.05, 0.1) is 7.11 Å². The number of carboxylic acids is 1. The number of aliphatic carboxylic acids is 1. The Morgan fingerprint density at radius 2 is 1.85 bits per heavy atom. The Labute approximate surface area is 116 Å². The van der Waals surface area contributed by atoms with Gasteiger partial charge in [-0.15, -0.1) is 0 Å². The van der Waals surface area contributed by atoms with Crippen LogP contribution in [0.3, 0.4) is 0 Å². The van der Waals surface area contributed by atoms with E-state index in [1.54, 1.807) is 24.3 Å². The lowest BCUT2D eigenvalue weighted by molar-refractivity contribution is -0.142. The standard InChI is InChI=1S/C14H17NO5/c1-9-3-5-10(6-4-9)13(17)15-11(14(18)19)7-8-12(16)20-2/h3-6,11H,7-8H2,1-2H3,(H,15,17)(H,18,19). The van der Waals surface area contributed by atoms with Crippen LogP contribution in [0, 0.1) is 6.92 Å². The highest BCUT2D eigenvalue weighted by molar-refractivity contribution is 5.96. The summed E-state index contributed by atoms with van der Waals surface area (Å²) >= 11 is 0. The van der Waals surface area contributed by atoms with Gasteiger partial charge in [0.2, 0.25) is 0 Å². The van der Waals surface area contributed by atoms with E-state index in [-0.39, 0.29) is 12.8 Å². The number of carbonyl (C=O) groups excluding carboxylic acids is 2. The molecule has 0 heterocycles. The van der Waals surface area contributed by atoms with E-state index < -0.39 is 23.9 Å². The molecule has 0 saturated heterocycles. The summed E-state index contributed by atoms with van der Waals surface area (Å²) in [7, 11) is 1.23. The number of carbonyl (C=O) groups is 3. The number of methoxy groups -OCH3 is 1. The van der Waals surface area contributed by atoms with Crippen LogP contribution in [-0.2, 0) is 14.3 Å². The molecule has 0 radical (unpaired) electrons. The van der Waals surface area contributed by atoms with Gasteiger partial charge in [0, 0.05) is 12.0 Å². The minimum atomic E-state index is -1.19. The van der Waals surface area contributed by atoms with Gasteiger partial charge in [0.1, 0.15) is 6.04 Å². The summed E-state index contributed by atoms with van der Waals surface area (Å²) in [6.45, 7) is 1.89. The second kappa shape index (κ2) is 7.28. The summed E-state index contributed by atoms with van der Waals surface area (Å²) in [5.41, 5.74) is 1.38. The largest absolute Gasteiger partial charge is 0.480 e. The summed E-state index contributed by atoms with van der Waals surface area (Å²) in [4.78, 5) is 34.0. The van der Waals surface area contributed by atoms with Gasteiger partial charge in [0.25, 0.3) is 5.91 Å². The molecule has 0 bridgehead atoms. The van der Waals surface area contributed by atoms with Gasteiger partial charge in [0.15, 0.2) is 0 Å². The van der Waals surface area contributed by atoms with Crippen LogP contribution in [-0.4, -0.2) is 36.1 Å². The molecule has 6 nitrogen and oxygen atoms in total. The lowest BCUT2D eigenvalue weighted by Crippen LogP contribution is -2.41. The first kappa shape index (κ1) is 15.7. The maximum atomic E-state index is 11.9. The van der Waals surface area contributed by atoms with Crippen molar-refractivity contribution in [3.05, 3.63) is 35.4 Å². The van der Waals surface area contributed by atoms with Crippen molar-refractivity contribution in [1.82, 2.24) is 5.32 Å². The average molecular weight is 279 g/mol. The van der Waals surface area contributed by atoms with E-state index in [1.165, 1.54) is 7.11 Å². The van der Waals surface area contributed by atoms with Crippen molar-refractivity contribution in [2.75, 3.05) is 7.11 Å². The van der Waals surface area contributed by atoms with Crippen molar-refractivity contribution < 1.29 is 24.2 Å². The Kier molecular flexibility index (Phi) is 5.71. The number of benzene rings is 1. The normalized spacial score (nSPS) is 11.5. The fourth-order valence-electron chi connectivity index (χ4n) is 1.57. The first-order chi connectivity index (χ1) is 9.43. The number of carboxylic acid groups (broad SMARTS) is 1. The van der Waals surface area contributed by atoms with E-state index in [0.717, 1.165) is 5.56 Å². The van der Waals surface area contributed by atoms with Gasteiger partial charge >= 0.3 is 11.9 Å². The highest BCUT2D eigenvalue weighted by Crippen LogP contribution is 2.05. The predicted octanol–water partition coefficient (Wildman–Crippen LogP) is 1.13. The molecule has 0 aliphatic carbocycles. The molecule has 0 fully saturated rings. The Bertz CT molecular complexity index is 495. The fraction of sp³-hybridized carbons (Fsp3) is 0.357. The number of nitrogens with one attached hydrogen (secondary N) is 1. The first-order valence-electron chi connectivity index (χ1n) is 6.11. The van der Waals surface area contributed by atoms with E-state index in [4.69, 9.17) is 5.11 Å². The van der Waals surface area contributed by atoms with Crippen LogP contribution in [0.25, 0.3) is 0 Å². The second-order valence-corrected chi connectivity index (χ2v) is 4.35. The lowest BCUT2D eigenvalue weighted by atomic mass is 10.1. The molecule has 1 aromatic carbocycles. The zero-order valence-electron chi connectivity index (χ0n) is 11.4. The molecule has 20 heavy (non-hydrogen) atoms. The van der Waals surface area contributed by atoms with E-state index in [0.29, 0.717) is 5.56 Å². The minimum Gasteiger partial charge on any atom is -0.480 e. The molecule has 1 atom stereocenters. The summed E-state index contributed by atoms with van der Waals surface area (Å²) in [5.74, 6) is -2.18. The number of esters is 1. The summed E-state index contributed by atoms with van der Waals surface area (Å²) < 4.78 is 4.44. The van der Waals surface area contributed by atoms with E-state index in [9.17, 15) is 14.4 Å². The number of aryl methyl sites for hydroxylation is 1. The van der Waals surface area contributed by atoms with Crippen LogP contribution in [0.1, 0.15) is 28.8 Å². The Morgan fingerprint density at radius 3 is 2.35 bits per heavy atom. The minimum absolute atomic E-state index is 0.0143. The fourth-order valence-corrected chi connectivity index (χ4v) is 1.57. The Hall–Kier alpha value is -2.37. The number of ether oxygens (including phenoxy) is 1. The second-order valence-electron chi connectivity index (χ2n) is 4.35. The summed E-state index contributed by atoms with van der Waals surface area (Å²) in [5, 5.41) is 11.4. The van der Waals surface area contributed by atoms with E-state index in [1.807, 2.05) is 6.92 Å². The Morgan fingerprint density at radius 1 is 1.25 bits per heavy atom. The summed E-state index contributed by atoms with van der Waals surface area (Å²) in [6, 6.07) is 5.63. The van der Waals surface area contributed by atoms with Gasteiger partial charge in [-0.2, -0.15) is 0 Å². The lowest BCUT2D eigenvalue weighted by Gasteiger charge is -2.14. The highest BCUT2D eigenvalue weighted by atomic mass is 16.5. The van der Waals surface area contributed by atoms with Gasteiger partial charge in [-0.25, -0.2) is 4.79 Å². The van der Waals surface area contributed by atoms with Crippen molar-refractivity contribution in [2.24, 2.45) is 0 Å². The average Bonchev–Trinajstić information content (AvgIpc) is 2.43. The maximum absolute atomic E-state index is 11.9. The monoisotopic (exact) mass is 279 g/mol. The molecule has 0 saturated carbocycles. The molecule has 1 aromatic rings. The molecule has 0 spiro atoms. The molecule has 2 N–H and O–H groups in total. The van der Waals surface area contributed by atoms with Crippen LogP contribution in [0.2, 0.25) is 0 Å². The molecular formula is C14H17NO5. The van der Waals surface area contributed by atoms with Crippen molar-refractivity contribution in [1.29, 1.82) is 0 Å². The molecule has 0 aliphatic rings. The highest BCUT2D eigenvalue weighted by Gasteiger charge is 2.21. The first-order valence-corrected chi connectivity index (χ1v) is 6.11. The maximum Gasteiger partial charge on any atom is 0.326 e. The zero-order chi connectivity index (χ0) is 15.1.